The highest BCUT2D eigenvalue weighted by molar-refractivity contribution is 5.92. The molecular weight excluding hydrogens is 642 g/mol. The summed E-state index contributed by atoms with van der Waals surface area (Å²) >= 11 is 0. The van der Waals surface area contributed by atoms with Crippen molar-refractivity contribution in [1.82, 2.24) is 10.2 Å². The van der Waals surface area contributed by atoms with E-state index in [0.717, 1.165) is 22.3 Å². The molecule has 0 aromatic heterocycles. The highest BCUT2D eigenvalue weighted by Gasteiger charge is 2.34. The van der Waals surface area contributed by atoms with E-state index in [-0.39, 0.29) is 24.9 Å². The number of urea groups is 1. The Hall–Kier alpha value is -5.06. The third kappa shape index (κ3) is 9.19. The number of amides is 2. The largest absolute Gasteiger partial charge is 0.467 e. The van der Waals surface area contributed by atoms with Crippen molar-refractivity contribution in [2.45, 2.75) is 57.0 Å². The molecule has 1 fully saturated rings. The Bertz CT molecular complexity index is 1920. The lowest BCUT2D eigenvalue weighted by Gasteiger charge is -2.39. The first-order valence-electron chi connectivity index (χ1n) is 17.3. The van der Waals surface area contributed by atoms with Gasteiger partial charge in [-0.15, -0.1) is 0 Å². The molecule has 6 rings (SSSR count). The van der Waals surface area contributed by atoms with Crippen molar-refractivity contribution >= 4 is 28.5 Å². The number of carbonyl (C=O) groups is 2. The molecular formula is C42H45N3O6. The summed E-state index contributed by atoms with van der Waals surface area (Å²) in [6, 6.07) is 38.3. The number of esters is 1. The van der Waals surface area contributed by atoms with Crippen LogP contribution in [0.5, 0.6) is 0 Å². The van der Waals surface area contributed by atoms with Gasteiger partial charge < -0.3 is 30.0 Å². The number of likely N-dealkylation sites (N-methyl/N-ethyl adjacent to an activating group) is 1. The van der Waals surface area contributed by atoms with Gasteiger partial charge in [-0.25, -0.2) is 9.59 Å². The van der Waals surface area contributed by atoms with Gasteiger partial charge >= 0.3 is 12.0 Å². The van der Waals surface area contributed by atoms with Crippen LogP contribution in [0.4, 0.5) is 10.5 Å². The van der Waals surface area contributed by atoms with Crippen molar-refractivity contribution < 1.29 is 28.9 Å². The number of aliphatic hydroxyl groups excluding tert-OH is 1. The summed E-state index contributed by atoms with van der Waals surface area (Å²) in [4.78, 5) is 27.9. The number of rotatable bonds is 12. The van der Waals surface area contributed by atoms with E-state index >= 15 is 0 Å². The maximum absolute atomic E-state index is 13.1. The summed E-state index contributed by atoms with van der Waals surface area (Å²) in [5, 5.41) is 17.6. The molecule has 0 bridgehead atoms. The Balaban J connectivity index is 1.18. The van der Waals surface area contributed by atoms with Crippen molar-refractivity contribution in [3.05, 3.63) is 149 Å². The van der Waals surface area contributed by atoms with Crippen LogP contribution in [0, 0.1) is 0 Å². The van der Waals surface area contributed by atoms with Gasteiger partial charge in [0.1, 0.15) is 6.04 Å². The summed E-state index contributed by atoms with van der Waals surface area (Å²) < 4.78 is 18.2. The molecule has 9 heteroatoms. The SMILES string of the molecule is COC(=O)C(Cc1ccccc1)NC(=O)Nc1cccc(C2OC(CN(C)C(C)c3ccc4ccccc4c3)CC(c3ccc(CO)cc3)O2)c1. The molecule has 1 aliphatic rings. The zero-order valence-corrected chi connectivity index (χ0v) is 29.2. The summed E-state index contributed by atoms with van der Waals surface area (Å²) in [7, 11) is 3.41. The number of nitrogens with zero attached hydrogens (tertiary/aromatic N) is 1. The van der Waals surface area contributed by atoms with E-state index in [2.05, 4.69) is 72.0 Å². The van der Waals surface area contributed by atoms with Crippen molar-refractivity contribution in [3.63, 3.8) is 0 Å². The van der Waals surface area contributed by atoms with Gasteiger partial charge in [0.15, 0.2) is 6.29 Å². The quantitative estimate of drug-likeness (QED) is 0.117. The third-order valence-corrected chi connectivity index (χ3v) is 9.51. The number of ether oxygens (including phenoxy) is 3. The van der Waals surface area contributed by atoms with Gasteiger partial charge in [0, 0.05) is 36.7 Å². The van der Waals surface area contributed by atoms with Gasteiger partial charge in [0.05, 0.1) is 25.9 Å². The number of benzene rings is 5. The molecule has 5 unspecified atom stereocenters. The lowest BCUT2D eigenvalue weighted by atomic mass is 9.98. The van der Waals surface area contributed by atoms with Crippen LogP contribution in [-0.2, 0) is 32.0 Å². The minimum Gasteiger partial charge on any atom is -0.467 e. The topological polar surface area (TPSA) is 109 Å². The Kier molecular flexibility index (Phi) is 11.8. The molecule has 5 aromatic rings. The Labute approximate surface area is 299 Å². The molecule has 5 atom stereocenters. The number of carbonyl (C=O) groups excluding carboxylic acids is 2. The van der Waals surface area contributed by atoms with E-state index in [0.29, 0.717) is 25.1 Å². The van der Waals surface area contributed by atoms with Crippen molar-refractivity contribution in [2.75, 3.05) is 26.0 Å². The Morgan fingerprint density at radius 2 is 1.59 bits per heavy atom. The summed E-state index contributed by atoms with van der Waals surface area (Å²) in [6.07, 6.45) is -0.204. The van der Waals surface area contributed by atoms with Crippen LogP contribution >= 0.6 is 0 Å². The van der Waals surface area contributed by atoms with Crippen LogP contribution in [0.3, 0.4) is 0 Å². The summed E-state index contributed by atoms with van der Waals surface area (Å²) in [6.45, 7) is 2.84. The van der Waals surface area contributed by atoms with Crippen LogP contribution < -0.4 is 10.6 Å². The van der Waals surface area contributed by atoms with E-state index < -0.39 is 24.3 Å². The Morgan fingerprint density at radius 1 is 0.843 bits per heavy atom. The van der Waals surface area contributed by atoms with Crippen LogP contribution in [0.1, 0.15) is 59.6 Å². The fourth-order valence-electron chi connectivity index (χ4n) is 6.51. The molecule has 5 aromatic carbocycles. The molecule has 0 saturated carbocycles. The number of aliphatic hydroxyl groups is 1. The van der Waals surface area contributed by atoms with E-state index in [9.17, 15) is 14.7 Å². The molecule has 51 heavy (non-hydrogen) atoms. The van der Waals surface area contributed by atoms with Gasteiger partial charge in [-0.2, -0.15) is 0 Å². The number of hydrogen-bond acceptors (Lipinski definition) is 7. The second-order valence-electron chi connectivity index (χ2n) is 13.1. The number of nitrogens with one attached hydrogen (secondary N) is 2. The monoisotopic (exact) mass is 687 g/mol. The fourth-order valence-corrected chi connectivity index (χ4v) is 6.51. The smallest absolute Gasteiger partial charge is 0.328 e. The average molecular weight is 688 g/mol. The van der Waals surface area contributed by atoms with E-state index in [1.54, 1.807) is 6.07 Å². The average Bonchev–Trinajstić information content (AvgIpc) is 3.17. The van der Waals surface area contributed by atoms with Crippen molar-refractivity contribution in [1.29, 1.82) is 0 Å². The fraction of sp³-hybridized carbons (Fsp3) is 0.286. The van der Waals surface area contributed by atoms with Crippen molar-refractivity contribution in [2.24, 2.45) is 0 Å². The molecule has 9 nitrogen and oxygen atoms in total. The van der Waals surface area contributed by atoms with E-state index in [4.69, 9.17) is 14.2 Å². The van der Waals surface area contributed by atoms with Gasteiger partial charge in [-0.3, -0.25) is 4.90 Å². The van der Waals surface area contributed by atoms with Crippen LogP contribution in [0.25, 0.3) is 10.8 Å². The zero-order chi connectivity index (χ0) is 35.7. The maximum Gasteiger partial charge on any atom is 0.328 e. The van der Waals surface area contributed by atoms with E-state index in [1.807, 2.05) is 72.8 Å². The molecule has 2 amide bonds. The molecule has 0 spiro atoms. The summed E-state index contributed by atoms with van der Waals surface area (Å²) in [5.41, 5.74) is 5.22. The molecule has 0 radical (unpaired) electrons. The lowest BCUT2D eigenvalue weighted by Crippen LogP contribution is -2.45. The third-order valence-electron chi connectivity index (χ3n) is 9.51. The second-order valence-corrected chi connectivity index (χ2v) is 13.1. The minimum atomic E-state index is -0.863. The standard InChI is InChI=1S/C42H45N3O6/c1-28(33-21-20-31-12-7-8-13-34(31)23-33)45(2)26-37-25-39(32-18-16-30(27-46)17-19-32)51-41(50-37)35-14-9-15-36(24-35)43-42(48)44-38(40(47)49-3)22-29-10-5-4-6-11-29/h4-21,23-24,28,37-39,41,46H,22,25-27H2,1-3H3,(H2,43,44,48). The molecule has 0 aliphatic carbocycles. The summed E-state index contributed by atoms with van der Waals surface area (Å²) in [5.74, 6) is -0.532. The maximum atomic E-state index is 13.1. The number of anilines is 1. The highest BCUT2D eigenvalue weighted by atomic mass is 16.7. The Morgan fingerprint density at radius 3 is 2.33 bits per heavy atom. The molecule has 264 valence electrons. The lowest BCUT2D eigenvalue weighted by molar-refractivity contribution is -0.253. The normalized spacial score (nSPS) is 18.6. The molecule has 1 saturated heterocycles. The predicted octanol–water partition coefficient (Wildman–Crippen LogP) is 7.48. The van der Waals surface area contributed by atoms with Gasteiger partial charge in [-0.1, -0.05) is 103 Å². The number of fused-ring (bicyclic) bond motifs is 1. The van der Waals surface area contributed by atoms with Crippen LogP contribution in [0.15, 0.2) is 121 Å². The molecule has 3 N–H and O–H groups in total. The molecule has 1 aliphatic heterocycles. The number of methoxy groups -OCH3 is 1. The first-order chi connectivity index (χ1) is 24.8. The first-order valence-corrected chi connectivity index (χ1v) is 17.3. The van der Waals surface area contributed by atoms with Gasteiger partial charge in [0.2, 0.25) is 0 Å². The van der Waals surface area contributed by atoms with E-state index in [1.165, 1.54) is 23.4 Å². The zero-order valence-electron chi connectivity index (χ0n) is 29.2. The highest BCUT2D eigenvalue weighted by Crippen LogP contribution is 2.39. The second kappa shape index (κ2) is 16.8. The minimum absolute atomic E-state index is 0.0301. The molecule has 1 heterocycles. The first kappa shape index (κ1) is 35.8. The van der Waals surface area contributed by atoms with Gasteiger partial charge in [0.25, 0.3) is 0 Å². The predicted molar refractivity (Wildman–Crippen MR) is 198 cm³/mol. The van der Waals surface area contributed by atoms with Gasteiger partial charge in [-0.05, 0) is 65.2 Å². The van der Waals surface area contributed by atoms with Crippen LogP contribution in [0.2, 0.25) is 0 Å². The van der Waals surface area contributed by atoms with Crippen molar-refractivity contribution in [3.8, 4) is 0 Å². The number of hydrogen-bond donors (Lipinski definition) is 3. The van der Waals surface area contributed by atoms with Crippen LogP contribution in [-0.4, -0.2) is 54.9 Å².